The highest BCUT2D eigenvalue weighted by Crippen LogP contribution is 2.27. The molecule has 0 atom stereocenters. The number of carboxylic acid groups (broad SMARTS) is 1. The van der Waals surface area contributed by atoms with Crippen molar-refractivity contribution < 1.29 is 19.4 Å². The second kappa shape index (κ2) is 7.60. The Balaban J connectivity index is 1.79. The molecule has 2 N–H and O–H groups in total. The molecule has 0 saturated carbocycles. The molecule has 29 heavy (non-hydrogen) atoms. The van der Waals surface area contributed by atoms with Crippen molar-refractivity contribution >= 4 is 28.9 Å². The van der Waals surface area contributed by atoms with Gasteiger partial charge in [-0.25, -0.2) is 9.18 Å². The summed E-state index contributed by atoms with van der Waals surface area (Å²) in [6.45, 7) is 0. The van der Waals surface area contributed by atoms with Crippen LogP contribution in [0.15, 0.2) is 78.9 Å². The van der Waals surface area contributed by atoms with Crippen LogP contribution in [0.1, 0.15) is 21.5 Å². The number of rotatable bonds is 4. The molecule has 0 amide bonds. The van der Waals surface area contributed by atoms with Gasteiger partial charge in [-0.3, -0.25) is 0 Å². The van der Waals surface area contributed by atoms with Crippen LogP contribution in [0.4, 0.5) is 4.39 Å². The average molecular weight is 384 g/mol. The fourth-order valence-electron chi connectivity index (χ4n) is 3.33. The Labute approximate surface area is 167 Å². The van der Waals surface area contributed by atoms with Crippen molar-refractivity contribution in [3.05, 3.63) is 101 Å². The fourth-order valence-corrected chi connectivity index (χ4v) is 3.33. The number of phenols is 1. The summed E-state index contributed by atoms with van der Waals surface area (Å²) in [6.07, 6.45) is 3.58. The summed E-state index contributed by atoms with van der Waals surface area (Å²) in [5.74, 6) is -1.18. The second-order valence-corrected chi connectivity index (χ2v) is 6.70. The lowest BCUT2D eigenvalue weighted by Crippen LogP contribution is -1.99. The quantitative estimate of drug-likeness (QED) is 0.411. The first kappa shape index (κ1) is 18.4. The molecule has 4 aromatic carbocycles. The molecule has 3 nitrogen and oxygen atoms in total. The lowest BCUT2D eigenvalue weighted by molar-refractivity contribution is 0.0696. The van der Waals surface area contributed by atoms with Gasteiger partial charge in [-0.1, -0.05) is 54.6 Å². The molecule has 0 heterocycles. The van der Waals surface area contributed by atoms with Gasteiger partial charge in [0.05, 0.1) is 5.56 Å². The van der Waals surface area contributed by atoms with Crippen LogP contribution in [-0.2, 0) is 0 Å². The van der Waals surface area contributed by atoms with Gasteiger partial charge < -0.3 is 10.2 Å². The number of halogens is 1. The van der Waals surface area contributed by atoms with Gasteiger partial charge >= 0.3 is 5.97 Å². The number of hydrogen-bond acceptors (Lipinski definition) is 2. The predicted molar refractivity (Wildman–Crippen MR) is 113 cm³/mol. The molecule has 4 aromatic rings. The summed E-state index contributed by atoms with van der Waals surface area (Å²) in [5.41, 5.74) is 3.17. The molecule has 0 spiro atoms. The molecule has 0 aliphatic heterocycles. The van der Waals surface area contributed by atoms with Gasteiger partial charge in [0, 0.05) is 0 Å². The van der Waals surface area contributed by atoms with Crippen molar-refractivity contribution in [3.63, 3.8) is 0 Å². The van der Waals surface area contributed by atoms with Gasteiger partial charge in [-0.15, -0.1) is 0 Å². The zero-order chi connectivity index (χ0) is 20.4. The Kier molecular flexibility index (Phi) is 4.83. The van der Waals surface area contributed by atoms with Crippen LogP contribution in [0.25, 0.3) is 34.1 Å². The number of carbonyl (C=O) groups is 1. The standard InChI is InChI=1S/C25H17FO3/c26-21-10-6-16(7-11-21)19-9-13-23(25(28)29)20(14-19)5-4-17-2-1-3-18-8-12-22(27)15-24(17)18/h1-15,27H,(H,28,29). The molecule has 0 unspecified atom stereocenters. The van der Waals surface area contributed by atoms with Gasteiger partial charge in [-0.2, -0.15) is 0 Å². The van der Waals surface area contributed by atoms with E-state index in [1.165, 1.54) is 12.1 Å². The molecule has 0 bridgehead atoms. The molecule has 0 saturated heterocycles. The largest absolute Gasteiger partial charge is 0.508 e. The molecule has 0 aliphatic rings. The van der Waals surface area contributed by atoms with Crippen molar-refractivity contribution in [1.29, 1.82) is 0 Å². The zero-order valence-corrected chi connectivity index (χ0v) is 15.3. The van der Waals surface area contributed by atoms with Crippen molar-refractivity contribution in [2.75, 3.05) is 0 Å². The molecule has 142 valence electrons. The highest BCUT2D eigenvalue weighted by molar-refractivity contribution is 5.97. The first-order valence-electron chi connectivity index (χ1n) is 9.04. The van der Waals surface area contributed by atoms with Crippen molar-refractivity contribution in [1.82, 2.24) is 0 Å². The summed E-state index contributed by atoms with van der Waals surface area (Å²) in [6, 6.07) is 22.0. The summed E-state index contributed by atoms with van der Waals surface area (Å²) in [7, 11) is 0. The smallest absolute Gasteiger partial charge is 0.336 e. The first-order valence-corrected chi connectivity index (χ1v) is 9.04. The van der Waals surface area contributed by atoms with Crippen molar-refractivity contribution in [2.45, 2.75) is 0 Å². The molecular weight excluding hydrogens is 367 g/mol. The van der Waals surface area contributed by atoms with Crippen LogP contribution in [0.2, 0.25) is 0 Å². The van der Waals surface area contributed by atoms with E-state index in [9.17, 15) is 19.4 Å². The summed E-state index contributed by atoms with van der Waals surface area (Å²) in [5, 5.41) is 21.2. The van der Waals surface area contributed by atoms with Crippen LogP contribution in [0, 0.1) is 5.82 Å². The molecule has 0 aliphatic carbocycles. The Morgan fingerprint density at radius 2 is 1.52 bits per heavy atom. The Hall–Kier alpha value is -3.92. The van der Waals surface area contributed by atoms with Gasteiger partial charge in [0.1, 0.15) is 11.6 Å². The summed E-state index contributed by atoms with van der Waals surface area (Å²) < 4.78 is 13.2. The maximum Gasteiger partial charge on any atom is 0.336 e. The van der Waals surface area contributed by atoms with E-state index < -0.39 is 5.97 Å². The van der Waals surface area contributed by atoms with Crippen molar-refractivity contribution in [2.24, 2.45) is 0 Å². The second-order valence-electron chi connectivity index (χ2n) is 6.70. The first-order chi connectivity index (χ1) is 14.0. The summed E-state index contributed by atoms with van der Waals surface area (Å²) >= 11 is 0. The molecular formula is C25H17FO3. The molecule has 0 aromatic heterocycles. The Morgan fingerprint density at radius 1 is 0.793 bits per heavy atom. The number of phenolic OH excluding ortho intramolecular Hbond substituents is 1. The zero-order valence-electron chi connectivity index (χ0n) is 15.3. The minimum atomic E-state index is -1.02. The van der Waals surface area contributed by atoms with E-state index in [0.29, 0.717) is 5.56 Å². The van der Waals surface area contributed by atoms with E-state index in [-0.39, 0.29) is 17.1 Å². The minimum absolute atomic E-state index is 0.169. The third-order valence-electron chi connectivity index (χ3n) is 4.80. The van der Waals surface area contributed by atoms with E-state index in [1.807, 2.05) is 30.3 Å². The summed E-state index contributed by atoms with van der Waals surface area (Å²) in [4.78, 5) is 11.7. The van der Waals surface area contributed by atoms with E-state index in [2.05, 4.69) is 0 Å². The number of carboxylic acids is 1. The predicted octanol–water partition coefficient (Wildman–Crippen LogP) is 6.22. The third-order valence-corrected chi connectivity index (χ3v) is 4.80. The molecule has 0 radical (unpaired) electrons. The van der Waals surface area contributed by atoms with E-state index >= 15 is 0 Å². The monoisotopic (exact) mass is 384 g/mol. The van der Waals surface area contributed by atoms with E-state index in [4.69, 9.17) is 0 Å². The van der Waals surface area contributed by atoms with E-state index in [1.54, 1.807) is 48.5 Å². The maximum absolute atomic E-state index is 13.2. The normalized spacial score (nSPS) is 11.2. The lowest BCUT2D eigenvalue weighted by atomic mass is 9.97. The van der Waals surface area contributed by atoms with Crippen LogP contribution in [0.5, 0.6) is 5.75 Å². The lowest BCUT2D eigenvalue weighted by Gasteiger charge is -2.07. The van der Waals surface area contributed by atoms with E-state index in [0.717, 1.165) is 27.5 Å². The third kappa shape index (κ3) is 3.87. The maximum atomic E-state index is 13.2. The van der Waals surface area contributed by atoms with Crippen LogP contribution < -0.4 is 0 Å². The number of fused-ring (bicyclic) bond motifs is 1. The topological polar surface area (TPSA) is 57.5 Å². The SMILES string of the molecule is O=C(O)c1ccc(-c2ccc(F)cc2)cc1C=Cc1cccc2ccc(O)cc12. The highest BCUT2D eigenvalue weighted by Gasteiger charge is 2.10. The average Bonchev–Trinajstić information content (AvgIpc) is 2.72. The van der Waals surface area contributed by atoms with Crippen LogP contribution >= 0.6 is 0 Å². The molecule has 4 heteroatoms. The molecule has 0 fully saturated rings. The minimum Gasteiger partial charge on any atom is -0.508 e. The number of hydrogen-bond donors (Lipinski definition) is 2. The van der Waals surface area contributed by atoms with Crippen LogP contribution in [0.3, 0.4) is 0 Å². The van der Waals surface area contributed by atoms with Gasteiger partial charge in [-0.05, 0) is 69.4 Å². The number of benzene rings is 4. The van der Waals surface area contributed by atoms with Crippen LogP contribution in [-0.4, -0.2) is 16.2 Å². The highest BCUT2D eigenvalue weighted by atomic mass is 19.1. The Morgan fingerprint density at radius 3 is 2.28 bits per heavy atom. The van der Waals surface area contributed by atoms with Gasteiger partial charge in [0.2, 0.25) is 0 Å². The van der Waals surface area contributed by atoms with Gasteiger partial charge in [0.25, 0.3) is 0 Å². The fraction of sp³-hybridized carbons (Fsp3) is 0. The Bertz CT molecular complexity index is 1240. The number of aromatic hydroxyl groups is 1. The van der Waals surface area contributed by atoms with Gasteiger partial charge in [0.15, 0.2) is 0 Å². The molecule has 4 rings (SSSR count). The number of aromatic carboxylic acids is 1. The van der Waals surface area contributed by atoms with Crippen molar-refractivity contribution in [3.8, 4) is 16.9 Å².